The average molecular weight is 313 g/mol. The van der Waals surface area contributed by atoms with Gasteiger partial charge in [-0.25, -0.2) is 9.78 Å². The number of aromatic nitrogens is 1. The SMILES string of the molecule is C[C@H]1CCCN(CCNc2cc(C(=O)O)c3ccccc3n2)C1. The van der Waals surface area contributed by atoms with Crippen LogP contribution < -0.4 is 5.32 Å². The Kier molecular flexibility index (Phi) is 4.76. The highest BCUT2D eigenvalue weighted by Gasteiger charge is 2.16. The number of anilines is 1. The highest BCUT2D eigenvalue weighted by Crippen LogP contribution is 2.21. The maximum Gasteiger partial charge on any atom is 0.336 e. The lowest BCUT2D eigenvalue weighted by molar-refractivity contribution is 0.0699. The Balaban J connectivity index is 1.69. The third-order valence-corrected chi connectivity index (χ3v) is 4.42. The molecule has 5 heteroatoms. The first-order valence-electron chi connectivity index (χ1n) is 8.23. The van der Waals surface area contributed by atoms with Crippen LogP contribution in [0.2, 0.25) is 0 Å². The third-order valence-electron chi connectivity index (χ3n) is 4.42. The second-order valence-electron chi connectivity index (χ2n) is 6.35. The molecule has 0 unspecified atom stereocenters. The van der Waals surface area contributed by atoms with Gasteiger partial charge in [-0.05, 0) is 37.4 Å². The normalized spacial score (nSPS) is 18.9. The van der Waals surface area contributed by atoms with Gasteiger partial charge in [0.15, 0.2) is 0 Å². The largest absolute Gasteiger partial charge is 0.478 e. The smallest absolute Gasteiger partial charge is 0.336 e. The van der Waals surface area contributed by atoms with Gasteiger partial charge < -0.3 is 15.3 Å². The van der Waals surface area contributed by atoms with E-state index in [1.54, 1.807) is 12.1 Å². The van der Waals surface area contributed by atoms with Crippen LogP contribution in [0.15, 0.2) is 30.3 Å². The molecule has 2 aromatic rings. The van der Waals surface area contributed by atoms with Gasteiger partial charge in [0.05, 0.1) is 11.1 Å². The summed E-state index contributed by atoms with van der Waals surface area (Å²) >= 11 is 0. The number of benzene rings is 1. The van der Waals surface area contributed by atoms with E-state index in [9.17, 15) is 9.90 Å². The number of pyridine rings is 1. The molecule has 1 saturated heterocycles. The van der Waals surface area contributed by atoms with Crippen LogP contribution in [0.25, 0.3) is 10.9 Å². The van der Waals surface area contributed by atoms with Gasteiger partial charge in [-0.3, -0.25) is 0 Å². The van der Waals surface area contributed by atoms with Gasteiger partial charge in [0.2, 0.25) is 0 Å². The van der Waals surface area contributed by atoms with Crippen LogP contribution in [0, 0.1) is 5.92 Å². The maximum atomic E-state index is 11.5. The zero-order chi connectivity index (χ0) is 16.2. The molecule has 3 rings (SSSR count). The van der Waals surface area contributed by atoms with Crippen LogP contribution >= 0.6 is 0 Å². The minimum absolute atomic E-state index is 0.296. The van der Waals surface area contributed by atoms with Crippen LogP contribution in [-0.4, -0.2) is 47.1 Å². The molecule has 122 valence electrons. The molecular formula is C18H23N3O2. The summed E-state index contributed by atoms with van der Waals surface area (Å²) in [6, 6.07) is 8.98. The molecule has 1 aliphatic heterocycles. The number of carboxylic acid groups (broad SMARTS) is 1. The predicted octanol–water partition coefficient (Wildman–Crippen LogP) is 3.08. The number of hydrogen-bond donors (Lipinski definition) is 2. The highest BCUT2D eigenvalue weighted by atomic mass is 16.4. The zero-order valence-electron chi connectivity index (χ0n) is 13.5. The van der Waals surface area contributed by atoms with E-state index < -0.39 is 5.97 Å². The highest BCUT2D eigenvalue weighted by molar-refractivity contribution is 6.03. The molecule has 1 aliphatic rings. The lowest BCUT2D eigenvalue weighted by Crippen LogP contribution is -2.37. The number of likely N-dealkylation sites (tertiary alicyclic amines) is 1. The van der Waals surface area contributed by atoms with E-state index >= 15 is 0 Å². The summed E-state index contributed by atoms with van der Waals surface area (Å²) in [5.41, 5.74) is 1.01. The monoisotopic (exact) mass is 313 g/mol. The van der Waals surface area contributed by atoms with Gasteiger partial charge in [-0.2, -0.15) is 0 Å². The predicted molar refractivity (Wildman–Crippen MR) is 92.0 cm³/mol. The van der Waals surface area contributed by atoms with Gasteiger partial charge >= 0.3 is 5.97 Å². The Labute approximate surface area is 136 Å². The van der Waals surface area contributed by atoms with Crippen molar-refractivity contribution in [3.05, 3.63) is 35.9 Å². The molecule has 0 spiro atoms. The lowest BCUT2D eigenvalue weighted by Gasteiger charge is -2.30. The second kappa shape index (κ2) is 6.96. The van der Waals surface area contributed by atoms with E-state index in [0.29, 0.717) is 22.3 Å². The van der Waals surface area contributed by atoms with E-state index in [4.69, 9.17) is 0 Å². The molecule has 23 heavy (non-hydrogen) atoms. The number of carbonyl (C=O) groups is 1. The summed E-state index contributed by atoms with van der Waals surface area (Å²) in [6.07, 6.45) is 2.58. The number of rotatable bonds is 5. The molecule has 5 nitrogen and oxygen atoms in total. The van der Waals surface area contributed by atoms with Crippen LogP contribution in [0.3, 0.4) is 0 Å². The van der Waals surface area contributed by atoms with Crippen molar-refractivity contribution in [2.45, 2.75) is 19.8 Å². The van der Waals surface area contributed by atoms with Crippen molar-refractivity contribution in [2.24, 2.45) is 5.92 Å². The number of carboxylic acids is 1. The van der Waals surface area contributed by atoms with Crippen LogP contribution in [0.1, 0.15) is 30.1 Å². The molecular weight excluding hydrogens is 290 g/mol. The number of piperidine rings is 1. The Morgan fingerprint density at radius 1 is 1.43 bits per heavy atom. The quantitative estimate of drug-likeness (QED) is 0.888. The second-order valence-corrected chi connectivity index (χ2v) is 6.35. The molecule has 0 aliphatic carbocycles. The van der Waals surface area contributed by atoms with Gasteiger partial charge in [0, 0.05) is 25.0 Å². The number of hydrogen-bond acceptors (Lipinski definition) is 4. The minimum Gasteiger partial charge on any atom is -0.478 e. The molecule has 0 radical (unpaired) electrons. The van der Waals surface area contributed by atoms with Crippen molar-refractivity contribution in [1.29, 1.82) is 0 Å². The summed E-state index contributed by atoms with van der Waals surface area (Å²) in [5.74, 6) is 0.476. The number of nitrogens with one attached hydrogen (secondary N) is 1. The van der Waals surface area contributed by atoms with E-state index in [2.05, 4.69) is 22.1 Å². The zero-order valence-corrected chi connectivity index (χ0v) is 13.5. The lowest BCUT2D eigenvalue weighted by atomic mass is 10.0. The number of fused-ring (bicyclic) bond motifs is 1. The Morgan fingerprint density at radius 3 is 3.04 bits per heavy atom. The van der Waals surface area contributed by atoms with Crippen LogP contribution in [-0.2, 0) is 0 Å². The number of aromatic carboxylic acids is 1. The fourth-order valence-corrected chi connectivity index (χ4v) is 3.27. The molecule has 1 aromatic heterocycles. The van der Waals surface area contributed by atoms with Gasteiger partial charge in [0.1, 0.15) is 5.82 Å². The molecule has 0 saturated carbocycles. The molecule has 0 bridgehead atoms. The number of para-hydroxylation sites is 1. The Morgan fingerprint density at radius 2 is 2.26 bits per heavy atom. The van der Waals surface area contributed by atoms with Crippen molar-refractivity contribution in [2.75, 3.05) is 31.5 Å². The fourth-order valence-electron chi connectivity index (χ4n) is 3.27. The average Bonchev–Trinajstić information content (AvgIpc) is 2.54. The molecule has 2 heterocycles. The fraction of sp³-hybridized carbons (Fsp3) is 0.444. The summed E-state index contributed by atoms with van der Waals surface area (Å²) < 4.78 is 0. The van der Waals surface area contributed by atoms with E-state index in [-0.39, 0.29) is 0 Å². The summed E-state index contributed by atoms with van der Waals surface area (Å²) in [4.78, 5) is 18.4. The van der Waals surface area contributed by atoms with Crippen molar-refractivity contribution in [3.63, 3.8) is 0 Å². The van der Waals surface area contributed by atoms with E-state index in [1.807, 2.05) is 18.2 Å². The van der Waals surface area contributed by atoms with Gasteiger partial charge in [0.25, 0.3) is 0 Å². The first-order chi connectivity index (χ1) is 11.1. The summed E-state index contributed by atoms with van der Waals surface area (Å²) in [7, 11) is 0. The van der Waals surface area contributed by atoms with Gasteiger partial charge in [-0.15, -0.1) is 0 Å². The maximum absolute atomic E-state index is 11.5. The first-order valence-corrected chi connectivity index (χ1v) is 8.23. The van der Waals surface area contributed by atoms with Crippen molar-refractivity contribution >= 4 is 22.7 Å². The van der Waals surface area contributed by atoms with E-state index in [0.717, 1.165) is 32.1 Å². The topological polar surface area (TPSA) is 65.5 Å². The molecule has 0 amide bonds. The Hall–Kier alpha value is -2.14. The third kappa shape index (κ3) is 3.79. The van der Waals surface area contributed by atoms with Crippen molar-refractivity contribution < 1.29 is 9.90 Å². The van der Waals surface area contributed by atoms with Crippen molar-refractivity contribution in [1.82, 2.24) is 9.88 Å². The van der Waals surface area contributed by atoms with Gasteiger partial charge in [-0.1, -0.05) is 25.1 Å². The van der Waals surface area contributed by atoms with Crippen molar-refractivity contribution in [3.8, 4) is 0 Å². The minimum atomic E-state index is -0.920. The number of nitrogens with zero attached hydrogens (tertiary/aromatic N) is 2. The first kappa shape index (κ1) is 15.7. The molecule has 1 aromatic carbocycles. The Bertz CT molecular complexity index is 702. The summed E-state index contributed by atoms with van der Waals surface area (Å²) in [5, 5.41) is 13.4. The molecule has 1 atom stereocenters. The van der Waals surface area contributed by atoms with Crippen LogP contribution in [0.5, 0.6) is 0 Å². The molecule has 1 fully saturated rings. The van der Waals surface area contributed by atoms with Crippen LogP contribution in [0.4, 0.5) is 5.82 Å². The standard InChI is InChI=1S/C18H23N3O2/c1-13-5-4-9-21(12-13)10-8-19-17-11-15(18(22)23)14-6-2-3-7-16(14)20-17/h2-3,6-7,11,13H,4-5,8-10,12H2,1H3,(H,19,20)(H,22,23)/t13-/m0/s1. The van der Waals surface area contributed by atoms with E-state index in [1.165, 1.54) is 12.8 Å². The summed E-state index contributed by atoms with van der Waals surface area (Å²) in [6.45, 7) is 6.33. The molecule has 2 N–H and O–H groups in total.